The Balaban J connectivity index is 2.34. The second-order valence-corrected chi connectivity index (χ2v) is 3.52. The third-order valence-electron chi connectivity index (χ3n) is 2.15. The molecule has 1 unspecified atom stereocenters. The van der Waals surface area contributed by atoms with E-state index in [4.69, 9.17) is 0 Å². The van der Waals surface area contributed by atoms with Crippen LogP contribution in [0.3, 0.4) is 0 Å². The maximum atomic E-state index is 11.5. The number of hydrogen-bond donors (Lipinski definition) is 2. The zero-order chi connectivity index (χ0) is 11.1. The molecule has 0 aliphatic heterocycles. The van der Waals surface area contributed by atoms with E-state index in [0.717, 1.165) is 12.8 Å². The van der Waals surface area contributed by atoms with Crippen molar-refractivity contribution in [2.45, 2.75) is 26.7 Å². The summed E-state index contributed by atoms with van der Waals surface area (Å²) in [4.78, 5) is 15.5. The first-order chi connectivity index (χ1) is 7.24. The molecule has 1 rings (SSSR count). The topological polar surface area (TPSA) is 54.0 Å². The molecule has 0 fully saturated rings. The molecular weight excluding hydrogens is 190 g/mol. The lowest BCUT2D eigenvalue weighted by Gasteiger charge is -2.11. The van der Waals surface area contributed by atoms with Crippen molar-refractivity contribution in [3.63, 3.8) is 0 Å². The quantitative estimate of drug-likeness (QED) is 0.726. The summed E-state index contributed by atoms with van der Waals surface area (Å²) in [5, 5.41) is 0. The molecule has 0 radical (unpaired) electrons. The van der Waals surface area contributed by atoms with Gasteiger partial charge >= 0.3 is 0 Å². The van der Waals surface area contributed by atoms with E-state index in [2.05, 4.69) is 22.8 Å². The van der Waals surface area contributed by atoms with Crippen LogP contribution in [0.4, 0.5) is 5.82 Å². The predicted octanol–water partition coefficient (Wildman–Crippen LogP) is 1.96. The molecule has 2 N–H and O–H groups in total. The van der Waals surface area contributed by atoms with Crippen molar-refractivity contribution in [3.05, 3.63) is 24.4 Å². The summed E-state index contributed by atoms with van der Waals surface area (Å²) in [6.07, 6.45) is 3.58. The smallest absolute Gasteiger partial charge is 0.241 e. The minimum Gasteiger partial charge on any atom is -0.282 e. The second-order valence-electron chi connectivity index (χ2n) is 3.52. The minimum atomic E-state index is 0.00232. The maximum absolute atomic E-state index is 11.5. The Bertz CT molecular complexity index is 300. The van der Waals surface area contributed by atoms with Gasteiger partial charge in [-0.3, -0.25) is 15.6 Å². The number of aromatic nitrogens is 1. The first kappa shape index (κ1) is 11.5. The van der Waals surface area contributed by atoms with Crippen LogP contribution in [0.25, 0.3) is 0 Å². The first-order valence-corrected chi connectivity index (χ1v) is 5.21. The molecule has 0 aliphatic rings. The molecule has 1 aromatic rings. The predicted molar refractivity (Wildman–Crippen MR) is 60.1 cm³/mol. The first-order valence-electron chi connectivity index (χ1n) is 5.21. The van der Waals surface area contributed by atoms with Gasteiger partial charge in [-0.25, -0.2) is 4.98 Å². The van der Waals surface area contributed by atoms with E-state index < -0.39 is 0 Å². The van der Waals surface area contributed by atoms with Crippen LogP contribution >= 0.6 is 0 Å². The molecule has 1 aromatic heterocycles. The van der Waals surface area contributed by atoms with Crippen LogP contribution < -0.4 is 10.9 Å². The van der Waals surface area contributed by atoms with E-state index in [1.54, 1.807) is 12.3 Å². The molecule has 82 valence electrons. The third-order valence-corrected chi connectivity index (χ3v) is 2.15. The lowest BCUT2D eigenvalue weighted by Crippen LogP contribution is -2.34. The number of nitrogens with one attached hydrogen (secondary N) is 2. The standard InChI is InChI=1S/C11H17N3O/c1-3-6-9(2)11(15)14-13-10-7-4-5-8-12-10/h4-5,7-9H,3,6H2,1-2H3,(H,12,13)(H,14,15). The highest BCUT2D eigenvalue weighted by atomic mass is 16.2. The van der Waals surface area contributed by atoms with Crippen LogP contribution in [0.1, 0.15) is 26.7 Å². The lowest BCUT2D eigenvalue weighted by atomic mass is 10.1. The van der Waals surface area contributed by atoms with Crippen molar-refractivity contribution in [3.8, 4) is 0 Å². The van der Waals surface area contributed by atoms with E-state index in [1.807, 2.05) is 19.1 Å². The molecule has 4 nitrogen and oxygen atoms in total. The van der Waals surface area contributed by atoms with Gasteiger partial charge < -0.3 is 0 Å². The van der Waals surface area contributed by atoms with Gasteiger partial charge in [0.1, 0.15) is 5.82 Å². The number of hydrogen-bond acceptors (Lipinski definition) is 3. The van der Waals surface area contributed by atoms with Gasteiger partial charge in [0, 0.05) is 12.1 Å². The molecule has 1 heterocycles. The van der Waals surface area contributed by atoms with Crippen molar-refractivity contribution in [1.29, 1.82) is 0 Å². The Morgan fingerprint density at radius 2 is 2.33 bits per heavy atom. The normalized spacial score (nSPS) is 11.9. The van der Waals surface area contributed by atoms with Crippen LogP contribution in [-0.4, -0.2) is 10.9 Å². The lowest BCUT2D eigenvalue weighted by molar-refractivity contribution is -0.124. The third kappa shape index (κ3) is 3.97. The van der Waals surface area contributed by atoms with Gasteiger partial charge in [-0.1, -0.05) is 26.3 Å². The number of carbonyl (C=O) groups is 1. The maximum Gasteiger partial charge on any atom is 0.241 e. The van der Waals surface area contributed by atoms with E-state index in [1.165, 1.54) is 0 Å². The zero-order valence-corrected chi connectivity index (χ0v) is 9.16. The molecule has 0 saturated heterocycles. The molecule has 0 aliphatic carbocycles. The monoisotopic (exact) mass is 207 g/mol. The number of nitrogens with zero attached hydrogens (tertiary/aromatic N) is 1. The van der Waals surface area contributed by atoms with Crippen LogP contribution in [0, 0.1) is 5.92 Å². The Morgan fingerprint density at radius 3 is 2.93 bits per heavy atom. The van der Waals surface area contributed by atoms with Crippen molar-refractivity contribution < 1.29 is 4.79 Å². The molecule has 0 spiro atoms. The summed E-state index contributed by atoms with van der Waals surface area (Å²) in [7, 11) is 0. The Kier molecular flexibility index (Phi) is 4.60. The van der Waals surface area contributed by atoms with E-state index in [9.17, 15) is 4.79 Å². The zero-order valence-electron chi connectivity index (χ0n) is 9.16. The van der Waals surface area contributed by atoms with Crippen LogP contribution in [0.2, 0.25) is 0 Å². The second kappa shape index (κ2) is 6.01. The van der Waals surface area contributed by atoms with Crippen molar-refractivity contribution in [2.75, 3.05) is 5.43 Å². The summed E-state index contributed by atoms with van der Waals surface area (Å²) in [5.41, 5.74) is 5.41. The van der Waals surface area contributed by atoms with Crippen LogP contribution in [0.15, 0.2) is 24.4 Å². The van der Waals surface area contributed by atoms with Gasteiger partial charge in [0.15, 0.2) is 0 Å². The number of pyridine rings is 1. The van der Waals surface area contributed by atoms with Gasteiger partial charge in [-0.2, -0.15) is 0 Å². The van der Waals surface area contributed by atoms with Gasteiger partial charge in [0.2, 0.25) is 5.91 Å². The number of hydrazine groups is 1. The van der Waals surface area contributed by atoms with E-state index in [0.29, 0.717) is 5.82 Å². The van der Waals surface area contributed by atoms with Crippen molar-refractivity contribution >= 4 is 11.7 Å². The highest BCUT2D eigenvalue weighted by Crippen LogP contribution is 2.04. The van der Waals surface area contributed by atoms with Gasteiger partial charge in [-0.15, -0.1) is 0 Å². The fourth-order valence-corrected chi connectivity index (χ4v) is 1.25. The van der Waals surface area contributed by atoms with Crippen molar-refractivity contribution in [1.82, 2.24) is 10.4 Å². The van der Waals surface area contributed by atoms with E-state index >= 15 is 0 Å². The van der Waals surface area contributed by atoms with Crippen LogP contribution in [0.5, 0.6) is 0 Å². The molecule has 0 bridgehead atoms. The number of anilines is 1. The average Bonchev–Trinajstić information content (AvgIpc) is 2.27. The van der Waals surface area contributed by atoms with Crippen LogP contribution in [-0.2, 0) is 4.79 Å². The molecule has 15 heavy (non-hydrogen) atoms. The SMILES string of the molecule is CCCC(C)C(=O)NNc1ccccn1. The van der Waals surface area contributed by atoms with Gasteiger partial charge in [-0.05, 0) is 18.6 Å². The largest absolute Gasteiger partial charge is 0.282 e. The summed E-state index contributed by atoms with van der Waals surface area (Å²) >= 11 is 0. The summed E-state index contributed by atoms with van der Waals surface area (Å²) < 4.78 is 0. The molecule has 0 aromatic carbocycles. The summed E-state index contributed by atoms with van der Waals surface area (Å²) in [6.45, 7) is 3.98. The highest BCUT2D eigenvalue weighted by molar-refractivity contribution is 5.79. The molecule has 0 saturated carbocycles. The fourth-order valence-electron chi connectivity index (χ4n) is 1.25. The molecule has 1 atom stereocenters. The molecule has 1 amide bonds. The number of amides is 1. The highest BCUT2D eigenvalue weighted by Gasteiger charge is 2.10. The Hall–Kier alpha value is -1.58. The average molecular weight is 207 g/mol. The number of carbonyl (C=O) groups excluding carboxylic acids is 1. The summed E-state index contributed by atoms with van der Waals surface area (Å²) in [5.74, 6) is 0.684. The van der Waals surface area contributed by atoms with E-state index in [-0.39, 0.29) is 11.8 Å². The number of rotatable bonds is 5. The summed E-state index contributed by atoms with van der Waals surface area (Å²) in [6, 6.07) is 5.48. The van der Waals surface area contributed by atoms with Gasteiger partial charge in [0.25, 0.3) is 0 Å². The Morgan fingerprint density at radius 1 is 1.53 bits per heavy atom. The molecular formula is C11H17N3O. The fraction of sp³-hybridized carbons (Fsp3) is 0.455. The molecule has 4 heteroatoms. The minimum absolute atomic E-state index is 0.00232. The Labute approximate surface area is 90.1 Å². The van der Waals surface area contributed by atoms with Gasteiger partial charge in [0.05, 0.1) is 0 Å². The van der Waals surface area contributed by atoms with Crippen molar-refractivity contribution in [2.24, 2.45) is 5.92 Å².